The molecule has 0 unspecified atom stereocenters. The van der Waals surface area contributed by atoms with E-state index in [1.54, 1.807) is 36.5 Å². The van der Waals surface area contributed by atoms with E-state index >= 15 is 0 Å². The van der Waals surface area contributed by atoms with Gasteiger partial charge in [-0.1, -0.05) is 24.3 Å². The van der Waals surface area contributed by atoms with E-state index in [2.05, 4.69) is 38.0 Å². The van der Waals surface area contributed by atoms with Crippen molar-refractivity contribution in [1.29, 1.82) is 0 Å². The molecule has 0 atom stereocenters. The third kappa shape index (κ3) is 5.33. The molecule has 1 aliphatic heterocycles. The Bertz CT molecular complexity index is 1790. The first kappa shape index (κ1) is 26.4. The standard InChI is InChI=1S/C31H30FN7O2/c1-37-14-11-24(12-15-37)39-18-26(27-28(33)34-19-35-29(27)39)21-7-9-23(10-8-21)36-30(40)25-6-3-13-38(31(25)41)17-20-4-2-5-22(32)16-20/h2-10,13,16,18-19,24H,11-12,14-15,17H2,1H3,(H,36,40)(H2,33,34,35). The average Bonchev–Trinajstić information content (AvgIpc) is 3.36. The van der Waals surface area contributed by atoms with Crippen LogP contribution >= 0.6 is 0 Å². The third-order valence-electron chi connectivity index (χ3n) is 7.68. The third-order valence-corrected chi connectivity index (χ3v) is 7.68. The number of aromatic nitrogens is 4. The second-order valence-corrected chi connectivity index (χ2v) is 10.5. The van der Waals surface area contributed by atoms with Crippen molar-refractivity contribution >= 4 is 28.4 Å². The first-order valence-corrected chi connectivity index (χ1v) is 13.5. The molecule has 1 amide bonds. The van der Waals surface area contributed by atoms with Crippen LogP contribution in [0.5, 0.6) is 0 Å². The van der Waals surface area contributed by atoms with E-state index in [-0.39, 0.29) is 17.9 Å². The highest BCUT2D eigenvalue weighted by atomic mass is 19.1. The molecule has 1 aliphatic rings. The number of carbonyl (C=O) groups is 1. The Morgan fingerprint density at radius 2 is 1.85 bits per heavy atom. The largest absolute Gasteiger partial charge is 0.383 e. The molecule has 6 rings (SSSR count). The number of halogens is 1. The van der Waals surface area contributed by atoms with Crippen molar-refractivity contribution in [2.75, 3.05) is 31.2 Å². The molecule has 0 bridgehead atoms. The summed E-state index contributed by atoms with van der Waals surface area (Å²) in [6.07, 6.45) is 7.23. The molecule has 1 saturated heterocycles. The number of pyridine rings is 1. The molecule has 0 saturated carbocycles. The van der Waals surface area contributed by atoms with E-state index in [1.807, 2.05) is 12.1 Å². The van der Waals surface area contributed by atoms with E-state index in [4.69, 9.17) is 5.73 Å². The molecule has 10 heteroatoms. The number of nitrogens with two attached hydrogens (primary N) is 1. The summed E-state index contributed by atoms with van der Waals surface area (Å²) >= 11 is 0. The maximum absolute atomic E-state index is 13.6. The Labute approximate surface area is 236 Å². The number of likely N-dealkylation sites (tertiary alicyclic amines) is 1. The summed E-state index contributed by atoms with van der Waals surface area (Å²) in [5.41, 5.74) is 9.70. The van der Waals surface area contributed by atoms with Crippen LogP contribution in [0.25, 0.3) is 22.2 Å². The van der Waals surface area contributed by atoms with Gasteiger partial charge in [-0.25, -0.2) is 14.4 Å². The van der Waals surface area contributed by atoms with Crippen LogP contribution in [-0.2, 0) is 6.54 Å². The molecule has 3 N–H and O–H groups in total. The molecule has 9 nitrogen and oxygen atoms in total. The molecule has 0 aliphatic carbocycles. The molecular formula is C31H30FN7O2. The minimum absolute atomic E-state index is 0.000834. The van der Waals surface area contributed by atoms with Crippen LogP contribution in [0.1, 0.15) is 34.8 Å². The van der Waals surface area contributed by atoms with Crippen molar-refractivity contribution in [3.8, 4) is 11.1 Å². The van der Waals surface area contributed by atoms with E-state index in [0.717, 1.165) is 48.1 Å². The van der Waals surface area contributed by atoms with Crippen molar-refractivity contribution in [2.24, 2.45) is 0 Å². The highest BCUT2D eigenvalue weighted by Gasteiger charge is 2.23. The number of anilines is 2. The average molecular weight is 552 g/mol. The molecule has 2 aromatic carbocycles. The quantitative estimate of drug-likeness (QED) is 0.320. The predicted octanol–water partition coefficient (Wildman–Crippen LogP) is 4.55. The number of hydrogen-bond acceptors (Lipinski definition) is 6. The van der Waals surface area contributed by atoms with Crippen LogP contribution in [0, 0.1) is 5.82 Å². The Morgan fingerprint density at radius 1 is 1.07 bits per heavy atom. The maximum atomic E-state index is 13.6. The maximum Gasteiger partial charge on any atom is 0.263 e. The number of nitrogens with one attached hydrogen (secondary N) is 1. The molecule has 1 fully saturated rings. The fourth-order valence-electron chi connectivity index (χ4n) is 5.48. The number of carbonyl (C=O) groups excluding carboxylic acids is 1. The molecule has 3 aromatic heterocycles. The van der Waals surface area contributed by atoms with Gasteiger partial charge in [-0.3, -0.25) is 9.59 Å². The minimum atomic E-state index is -0.521. The van der Waals surface area contributed by atoms with Crippen LogP contribution in [0.4, 0.5) is 15.9 Å². The topological polar surface area (TPSA) is 111 Å². The van der Waals surface area contributed by atoms with E-state index in [0.29, 0.717) is 23.1 Å². The number of hydrogen-bond donors (Lipinski definition) is 2. The number of nitrogens with zero attached hydrogens (tertiary/aromatic N) is 5. The number of benzene rings is 2. The lowest BCUT2D eigenvalue weighted by Crippen LogP contribution is -2.31. The first-order chi connectivity index (χ1) is 19.9. The lowest BCUT2D eigenvalue weighted by atomic mass is 10.1. The molecule has 4 heterocycles. The van der Waals surface area contributed by atoms with Gasteiger partial charge in [0, 0.05) is 29.7 Å². The number of piperidine rings is 1. The smallest absolute Gasteiger partial charge is 0.263 e. The summed E-state index contributed by atoms with van der Waals surface area (Å²) in [5.74, 6) is -0.477. The minimum Gasteiger partial charge on any atom is -0.383 e. The van der Waals surface area contributed by atoms with Crippen molar-refractivity contribution in [3.05, 3.63) is 107 Å². The number of amides is 1. The highest BCUT2D eigenvalue weighted by Crippen LogP contribution is 2.36. The predicted molar refractivity (Wildman–Crippen MR) is 157 cm³/mol. The van der Waals surface area contributed by atoms with Crippen molar-refractivity contribution in [1.82, 2.24) is 24.0 Å². The van der Waals surface area contributed by atoms with E-state index in [1.165, 1.54) is 29.1 Å². The zero-order valence-electron chi connectivity index (χ0n) is 22.6. The summed E-state index contributed by atoms with van der Waals surface area (Å²) in [5, 5.41) is 3.63. The lowest BCUT2D eigenvalue weighted by molar-refractivity contribution is 0.102. The van der Waals surface area contributed by atoms with Gasteiger partial charge in [0.2, 0.25) is 0 Å². The van der Waals surface area contributed by atoms with Crippen molar-refractivity contribution in [3.63, 3.8) is 0 Å². The Balaban J connectivity index is 1.24. The Hall–Kier alpha value is -4.83. The summed E-state index contributed by atoms with van der Waals surface area (Å²) in [6.45, 7) is 2.20. The van der Waals surface area contributed by atoms with Gasteiger partial charge in [0.1, 0.15) is 29.2 Å². The number of rotatable bonds is 6. The molecule has 0 radical (unpaired) electrons. The van der Waals surface area contributed by atoms with Gasteiger partial charge in [0.25, 0.3) is 11.5 Å². The second-order valence-electron chi connectivity index (χ2n) is 10.5. The van der Waals surface area contributed by atoms with E-state index in [9.17, 15) is 14.0 Å². The van der Waals surface area contributed by atoms with Gasteiger partial charge in [-0.15, -0.1) is 0 Å². The second kappa shape index (κ2) is 11.0. The van der Waals surface area contributed by atoms with Crippen LogP contribution in [0.3, 0.4) is 0 Å². The van der Waals surface area contributed by atoms with E-state index < -0.39 is 11.5 Å². The zero-order valence-corrected chi connectivity index (χ0v) is 22.6. The van der Waals surface area contributed by atoms with Crippen LogP contribution in [-0.4, -0.2) is 50.0 Å². The molecule has 0 spiro atoms. The van der Waals surface area contributed by atoms with Crippen LogP contribution < -0.4 is 16.6 Å². The Morgan fingerprint density at radius 3 is 2.61 bits per heavy atom. The molecular weight excluding hydrogens is 521 g/mol. The molecule has 5 aromatic rings. The van der Waals surface area contributed by atoms with Crippen molar-refractivity contribution < 1.29 is 9.18 Å². The lowest BCUT2D eigenvalue weighted by Gasteiger charge is -2.30. The SMILES string of the molecule is CN1CCC(n2cc(-c3ccc(NC(=O)c4cccn(Cc5cccc(F)c5)c4=O)cc3)c3c(N)ncnc32)CC1. The van der Waals surface area contributed by atoms with Gasteiger partial charge >= 0.3 is 0 Å². The summed E-state index contributed by atoms with van der Waals surface area (Å²) in [6, 6.07) is 16.9. The van der Waals surface area contributed by atoms with Crippen LogP contribution in [0.2, 0.25) is 0 Å². The number of fused-ring (bicyclic) bond motifs is 1. The highest BCUT2D eigenvalue weighted by molar-refractivity contribution is 6.04. The normalized spacial score (nSPS) is 14.4. The van der Waals surface area contributed by atoms with Crippen LogP contribution in [0.15, 0.2) is 84.2 Å². The fraction of sp³-hybridized carbons (Fsp3) is 0.226. The first-order valence-electron chi connectivity index (χ1n) is 13.5. The fourth-order valence-corrected chi connectivity index (χ4v) is 5.48. The molecule has 208 valence electrons. The zero-order chi connectivity index (χ0) is 28.5. The van der Waals surface area contributed by atoms with Gasteiger partial charge < -0.3 is 25.1 Å². The van der Waals surface area contributed by atoms with Gasteiger partial charge in [-0.2, -0.15) is 0 Å². The molecule has 41 heavy (non-hydrogen) atoms. The van der Waals surface area contributed by atoms with Gasteiger partial charge in [0.15, 0.2) is 0 Å². The Kier molecular flexibility index (Phi) is 7.07. The monoisotopic (exact) mass is 551 g/mol. The van der Waals surface area contributed by atoms with Crippen molar-refractivity contribution in [2.45, 2.75) is 25.4 Å². The van der Waals surface area contributed by atoms with Gasteiger partial charge in [-0.05, 0) is 80.5 Å². The summed E-state index contributed by atoms with van der Waals surface area (Å²) in [7, 11) is 2.14. The summed E-state index contributed by atoms with van der Waals surface area (Å²) in [4.78, 5) is 37.2. The van der Waals surface area contributed by atoms with Gasteiger partial charge in [0.05, 0.1) is 11.9 Å². The number of nitrogen functional groups attached to an aromatic ring is 1. The summed E-state index contributed by atoms with van der Waals surface area (Å²) < 4.78 is 17.2.